The van der Waals surface area contributed by atoms with E-state index >= 15 is 0 Å². The van der Waals surface area contributed by atoms with Crippen molar-refractivity contribution in [3.05, 3.63) is 142 Å². The summed E-state index contributed by atoms with van der Waals surface area (Å²) < 4.78 is 30.8. The first-order chi connectivity index (χ1) is 18.0. The largest absolute Gasteiger partial charge is 0.392 e. The van der Waals surface area contributed by atoms with E-state index in [1.807, 2.05) is 60.7 Å². The Kier molecular flexibility index (Phi) is 13.4. The highest BCUT2D eigenvalue weighted by molar-refractivity contribution is 9.08. The molecular formula is C32H27BrF2O2. The summed E-state index contributed by atoms with van der Waals surface area (Å²) in [6.45, 7) is 0.959. The maximum Gasteiger partial charge on any atom is 0.123 e. The predicted octanol–water partition coefficient (Wildman–Crippen LogP) is 7.40. The van der Waals surface area contributed by atoms with Crippen molar-refractivity contribution in [1.29, 1.82) is 0 Å². The van der Waals surface area contributed by atoms with Crippen molar-refractivity contribution in [2.45, 2.75) is 25.2 Å². The molecule has 1 N–H and O–H groups in total. The van der Waals surface area contributed by atoms with Gasteiger partial charge in [0, 0.05) is 16.5 Å². The van der Waals surface area contributed by atoms with Crippen molar-refractivity contribution in [1.82, 2.24) is 0 Å². The van der Waals surface area contributed by atoms with Crippen molar-refractivity contribution in [3.63, 3.8) is 0 Å². The van der Waals surface area contributed by atoms with E-state index in [-0.39, 0.29) is 18.2 Å². The molecule has 0 saturated carbocycles. The lowest BCUT2D eigenvalue weighted by molar-refractivity contribution is 0.107. The third kappa shape index (κ3) is 11.7. The number of rotatable bonds is 6. The fourth-order valence-electron chi connectivity index (χ4n) is 2.94. The highest BCUT2D eigenvalue weighted by Gasteiger charge is 1.97. The van der Waals surface area contributed by atoms with Gasteiger partial charge in [-0.1, -0.05) is 76.3 Å². The second-order valence-corrected chi connectivity index (χ2v) is 8.29. The number of terminal acetylenes is 2. The Balaban J connectivity index is 0.000000214. The summed E-state index contributed by atoms with van der Waals surface area (Å²) in [6, 6.07) is 27.8. The monoisotopic (exact) mass is 560 g/mol. The van der Waals surface area contributed by atoms with Crippen LogP contribution < -0.4 is 0 Å². The van der Waals surface area contributed by atoms with Crippen molar-refractivity contribution < 1.29 is 18.6 Å². The molecule has 0 aromatic heterocycles. The van der Waals surface area contributed by atoms with Crippen LogP contribution in [0.2, 0.25) is 0 Å². The number of halogens is 3. The number of hydrogen-bond donors (Lipinski definition) is 1. The molecule has 188 valence electrons. The van der Waals surface area contributed by atoms with E-state index < -0.39 is 0 Å². The van der Waals surface area contributed by atoms with Gasteiger partial charge in [-0.3, -0.25) is 0 Å². The van der Waals surface area contributed by atoms with Crippen LogP contribution in [0.4, 0.5) is 8.78 Å². The van der Waals surface area contributed by atoms with Gasteiger partial charge in [-0.25, -0.2) is 8.78 Å². The second-order valence-electron chi connectivity index (χ2n) is 7.73. The Hall–Kier alpha value is -3.74. The summed E-state index contributed by atoms with van der Waals surface area (Å²) in [5, 5.41) is 9.36. The van der Waals surface area contributed by atoms with Crippen LogP contribution in [0.3, 0.4) is 0 Å². The fraction of sp³-hybridized carbons (Fsp3) is 0.125. The molecule has 5 heteroatoms. The van der Waals surface area contributed by atoms with E-state index in [9.17, 15) is 8.78 Å². The van der Waals surface area contributed by atoms with E-state index in [2.05, 4.69) is 27.8 Å². The summed E-state index contributed by atoms with van der Waals surface area (Å²) in [6.07, 6.45) is 10.4. The first-order valence-corrected chi connectivity index (χ1v) is 12.4. The van der Waals surface area contributed by atoms with Crippen LogP contribution >= 0.6 is 15.9 Å². The Labute approximate surface area is 226 Å². The van der Waals surface area contributed by atoms with Crippen molar-refractivity contribution in [2.75, 3.05) is 0 Å². The highest BCUT2D eigenvalue weighted by atomic mass is 79.9. The van der Waals surface area contributed by atoms with Crippen LogP contribution in [0.25, 0.3) is 0 Å². The lowest BCUT2D eigenvalue weighted by Crippen LogP contribution is -1.94. The number of benzene rings is 4. The average Bonchev–Trinajstić information content (AvgIpc) is 2.94. The molecule has 0 aliphatic carbocycles. The molecule has 4 aromatic carbocycles. The van der Waals surface area contributed by atoms with Gasteiger partial charge >= 0.3 is 0 Å². The van der Waals surface area contributed by atoms with E-state index in [4.69, 9.17) is 22.7 Å². The average molecular weight is 561 g/mol. The first kappa shape index (κ1) is 29.5. The molecule has 0 unspecified atom stereocenters. The van der Waals surface area contributed by atoms with Gasteiger partial charge in [-0.2, -0.15) is 0 Å². The lowest BCUT2D eigenvalue weighted by Gasteiger charge is -2.05. The van der Waals surface area contributed by atoms with Gasteiger partial charge in [-0.15, -0.1) is 12.8 Å². The molecule has 4 aromatic rings. The van der Waals surface area contributed by atoms with Gasteiger partial charge in [-0.05, 0) is 70.8 Å². The van der Waals surface area contributed by atoms with E-state index in [1.54, 1.807) is 12.1 Å². The molecule has 0 heterocycles. The van der Waals surface area contributed by atoms with Crippen molar-refractivity contribution in [3.8, 4) is 24.7 Å². The maximum absolute atomic E-state index is 12.9. The minimum atomic E-state index is -0.241. The summed E-state index contributed by atoms with van der Waals surface area (Å²) in [4.78, 5) is 0. The van der Waals surface area contributed by atoms with Crippen LogP contribution in [0, 0.1) is 36.3 Å². The molecule has 0 aliphatic heterocycles. The molecule has 0 spiro atoms. The van der Waals surface area contributed by atoms with Gasteiger partial charge < -0.3 is 9.84 Å². The summed E-state index contributed by atoms with van der Waals surface area (Å²) in [5.74, 6) is 4.64. The molecule has 0 fully saturated rings. The Morgan fingerprint density at radius 1 is 0.649 bits per heavy atom. The molecule has 0 bridgehead atoms. The molecule has 0 radical (unpaired) electrons. The van der Waals surface area contributed by atoms with Crippen LogP contribution in [-0.2, 0) is 29.9 Å². The summed E-state index contributed by atoms with van der Waals surface area (Å²) in [5.41, 5.74) is 5.43. The minimum Gasteiger partial charge on any atom is -0.392 e. The van der Waals surface area contributed by atoms with Gasteiger partial charge in [0.15, 0.2) is 0 Å². The number of aliphatic hydroxyl groups excluding tert-OH is 1. The minimum absolute atomic E-state index is 0.0743. The van der Waals surface area contributed by atoms with Crippen LogP contribution in [-0.4, -0.2) is 5.11 Å². The Bertz CT molecular complexity index is 1300. The Morgan fingerprint density at radius 3 is 1.54 bits per heavy atom. The topological polar surface area (TPSA) is 29.5 Å². The standard InChI is InChI=1S/C16H13FO.C9H8O.C7H6BrF/c1-2-13-6-8-14(9-7-13)11-18-12-15-4-3-5-16(17)10-15;1-2-8-3-5-9(7-10)6-4-8;8-5-6-2-1-3-7(9)4-6/h1,3-10H,11-12H2;1,3-6,10H,7H2;1-4H,5H2. The van der Waals surface area contributed by atoms with Gasteiger partial charge in [0.25, 0.3) is 0 Å². The molecule has 0 aliphatic rings. The highest BCUT2D eigenvalue weighted by Crippen LogP contribution is 2.09. The van der Waals surface area contributed by atoms with E-state index in [1.165, 1.54) is 24.3 Å². The molecule has 0 atom stereocenters. The fourth-order valence-corrected chi connectivity index (χ4v) is 3.29. The molecule has 2 nitrogen and oxygen atoms in total. The zero-order valence-corrected chi connectivity index (χ0v) is 21.8. The maximum atomic E-state index is 12.9. The van der Waals surface area contributed by atoms with Crippen LogP contribution in [0.1, 0.15) is 33.4 Å². The lowest BCUT2D eigenvalue weighted by atomic mass is 10.1. The number of hydrogen-bond acceptors (Lipinski definition) is 2. The van der Waals surface area contributed by atoms with E-state index in [0.29, 0.717) is 18.5 Å². The normalized spacial score (nSPS) is 9.57. The molecule has 4 rings (SSSR count). The van der Waals surface area contributed by atoms with Crippen LogP contribution in [0.5, 0.6) is 0 Å². The van der Waals surface area contributed by atoms with Gasteiger partial charge in [0.2, 0.25) is 0 Å². The smallest absolute Gasteiger partial charge is 0.123 e. The first-order valence-electron chi connectivity index (χ1n) is 11.3. The van der Waals surface area contributed by atoms with Crippen molar-refractivity contribution in [2.24, 2.45) is 0 Å². The van der Waals surface area contributed by atoms with E-state index in [0.717, 1.165) is 33.4 Å². The molecular weight excluding hydrogens is 534 g/mol. The quantitative estimate of drug-likeness (QED) is 0.196. The van der Waals surface area contributed by atoms with Gasteiger partial charge in [0.05, 0.1) is 19.8 Å². The van der Waals surface area contributed by atoms with Gasteiger partial charge in [0.1, 0.15) is 11.6 Å². The van der Waals surface area contributed by atoms with Crippen LogP contribution in [0.15, 0.2) is 97.1 Å². The Morgan fingerprint density at radius 2 is 1.11 bits per heavy atom. The third-order valence-corrected chi connectivity index (χ3v) is 5.54. The number of aliphatic hydroxyl groups is 1. The van der Waals surface area contributed by atoms with Crippen molar-refractivity contribution >= 4 is 15.9 Å². The second kappa shape index (κ2) is 16.8. The zero-order chi connectivity index (χ0) is 26.9. The number of ether oxygens (including phenoxy) is 1. The summed E-state index contributed by atoms with van der Waals surface area (Å²) >= 11 is 3.22. The molecule has 0 saturated heterocycles. The summed E-state index contributed by atoms with van der Waals surface area (Å²) in [7, 11) is 0. The molecule has 0 amide bonds. The zero-order valence-electron chi connectivity index (χ0n) is 20.2. The third-order valence-electron chi connectivity index (χ3n) is 4.89. The number of alkyl halides is 1. The SMILES string of the molecule is C#Cc1ccc(CO)cc1.C#Cc1ccc(COCc2cccc(F)c2)cc1.Fc1cccc(CBr)c1. The molecule has 37 heavy (non-hydrogen) atoms. The predicted molar refractivity (Wildman–Crippen MR) is 149 cm³/mol.